The van der Waals surface area contributed by atoms with E-state index < -0.39 is 21.9 Å². The maximum Gasteiger partial charge on any atom is 0.157 e. The van der Waals surface area contributed by atoms with Gasteiger partial charge in [0.25, 0.3) is 0 Å². The fourth-order valence-electron chi connectivity index (χ4n) is 5.69. The summed E-state index contributed by atoms with van der Waals surface area (Å²) in [5.74, 6) is -0.395. The monoisotopic (exact) mass is 904 g/mol. The van der Waals surface area contributed by atoms with Crippen LogP contribution in [0.2, 0.25) is 0 Å². The van der Waals surface area contributed by atoms with Crippen molar-refractivity contribution in [2.24, 2.45) is 0 Å². The number of aliphatic hydroxyl groups excluding tert-OH is 1. The number of aromatic hydroxyl groups is 2. The van der Waals surface area contributed by atoms with Crippen LogP contribution in [-0.4, -0.2) is 28.9 Å². The van der Waals surface area contributed by atoms with Gasteiger partial charge in [-0.1, -0.05) is 115 Å². The first-order chi connectivity index (χ1) is 25.0. The Hall–Kier alpha value is -4.39. The Morgan fingerprint density at radius 3 is 0.923 bits per heavy atom. The van der Waals surface area contributed by atoms with Crippen LogP contribution in [0.4, 0.5) is 0 Å². The van der Waals surface area contributed by atoms with Gasteiger partial charge in [0.05, 0.1) is 21.9 Å². The Labute approximate surface area is 324 Å². The molecule has 266 valence electrons. The fourth-order valence-corrected chi connectivity index (χ4v) is 10.8. The van der Waals surface area contributed by atoms with Gasteiger partial charge in [0.2, 0.25) is 0 Å². The maximum atomic E-state index is 9.48. The average Bonchev–Trinajstić information content (AvgIpc) is 3.19. The summed E-state index contributed by atoms with van der Waals surface area (Å²) >= 11 is 0. The Morgan fingerprint density at radius 2 is 0.692 bits per heavy atom. The van der Waals surface area contributed by atoms with Gasteiger partial charge in [-0.05, 0) is 97.5 Å². The third-order valence-electron chi connectivity index (χ3n) is 8.16. The molecule has 0 radical (unpaired) electrons. The maximum absolute atomic E-state index is 9.48. The van der Waals surface area contributed by atoms with E-state index in [2.05, 4.69) is 187 Å². The fraction of sp³-hybridized carbons (Fsp3) is 0.0667. The second kappa shape index (κ2) is 21.9. The van der Waals surface area contributed by atoms with Crippen LogP contribution in [0.3, 0.4) is 0 Å². The van der Waals surface area contributed by atoms with Gasteiger partial charge in [-0.25, -0.2) is 0 Å². The third kappa shape index (κ3) is 11.8. The summed E-state index contributed by atoms with van der Waals surface area (Å²) in [6.07, 6.45) is -0.670. The predicted octanol–water partition coefficient (Wildman–Crippen LogP) is 6.70. The molecule has 4 N–H and O–H groups in total. The van der Waals surface area contributed by atoms with E-state index in [9.17, 15) is 5.11 Å². The minimum Gasteiger partial charge on any atom is -0.504 e. The van der Waals surface area contributed by atoms with Crippen LogP contribution in [0.25, 0.3) is 0 Å². The Balaban J connectivity index is 0.000000177. The minimum absolute atomic E-state index is 0. The summed E-state index contributed by atoms with van der Waals surface area (Å²) in [5.41, 5.74) is 0.574. The van der Waals surface area contributed by atoms with Gasteiger partial charge >= 0.3 is 0 Å². The van der Waals surface area contributed by atoms with E-state index in [0.717, 1.165) is 0 Å². The second-order valence-corrected chi connectivity index (χ2v) is 16.7. The molecular formula is C45H45NO3P2Pt+2. The number of likely N-dealkylation sites (N-methyl/N-ethyl adjacent to an activating group) is 1. The molecule has 0 aliphatic rings. The molecule has 1 unspecified atom stereocenters. The molecular weight excluding hydrogens is 860 g/mol. The van der Waals surface area contributed by atoms with E-state index in [1.54, 1.807) is 13.1 Å². The molecule has 0 aromatic heterocycles. The summed E-state index contributed by atoms with van der Waals surface area (Å²) in [6.45, 7) is 0.407. The molecule has 0 spiro atoms. The summed E-state index contributed by atoms with van der Waals surface area (Å²) in [4.78, 5) is 0. The van der Waals surface area contributed by atoms with Crippen LogP contribution >= 0.6 is 15.8 Å². The number of hydrogen-bond acceptors (Lipinski definition) is 4. The molecule has 0 saturated carbocycles. The Bertz CT molecular complexity index is 1680. The van der Waals surface area contributed by atoms with Gasteiger partial charge < -0.3 is 20.6 Å². The molecule has 7 heteroatoms. The molecule has 52 heavy (non-hydrogen) atoms. The molecule has 7 aromatic carbocycles. The number of benzene rings is 7. The molecule has 0 bridgehead atoms. The number of phenols is 2. The molecule has 7 aromatic rings. The van der Waals surface area contributed by atoms with Gasteiger partial charge in [-0.15, -0.1) is 0 Å². The third-order valence-corrected chi connectivity index (χ3v) is 13.6. The van der Waals surface area contributed by atoms with E-state index in [1.807, 2.05) is 0 Å². The zero-order valence-corrected chi connectivity index (χ0v) is 33.3. The van der Waals surface area contributed by atoms with Gasteiger partial charge in [-0.3, -0.25) is 0 Å². The second-order valence-electron chi connectivity index (χ2n) is 11.8. The van der Waals surface area contributed by atoms with Gasteiger partial charge in [0, 0.05) is 27.6 Å². The van der Waals surface area contributed by atoms with Gasteiger partial charge in [0.1, 0.15) is 31.8 Å². The molecule has 4 nitrogen and oxygen atoms in total. The van der Waals surface area contributed by atoms with Crippen molar-refractivity contribution in [3.05, 3.63) is 206 Å². The Morgan fingerprint density at radius 1 is 0.423 bits per heavy atom. The number of aliphatic hydroxyl groups is 1. The molecule has 0 amide bonds. The number of rotatable bonds is 9. The van der Waals surface area contributed by atoms with Crippen LogP contribution in [0.5, 0.6) is 11.5 Å². The normalized spacial score (nSPS) is 10.9. The minimum atomic E-state index is -0.877. The first kappa shape index (κ1) is 40.4. The van der Waals surface area contributed by atoms with E-state index in [4.69, 9.17) is 10.2 Å². The van der Waals surface area contributed by atoms with Gasteiger partial charge in [0.15, 0.2) is 11.5 Å². The molecule has 0 fully saturated rings. The summed E-state index contributed by atoms with van der Waals surface area (Å²) in [7, 11) is -0.0290. The number of phenolic OH excluding ortho intramolecular Hbond substituents is 2. The first-order valence-electron chi connectivity index (χ1n) is 17.0. The number of hydrogen-bond donors (Lipinski definition) is 4. The molecule has 0 aliphatic carbocycles. The first-order valence-corrected chi connectivity index (χ1v) is 20.0. The predicted molar refractivity (Wildman–Crippen MR) is 222 cm³/mol. The molecule has 0 heterocycles. The zero-order valence-electron chi connectivity index (χ0n) is 29.0. The average molecular weight is 905 g/mol. The van der Waals surface area contributed by atoms with Crippen molar-refractivity contribution in [3.63, 3.8) is 0 Å². The van der Waals surface area contributed by atoms with E-state index in [0.29, 0.717) is 12.1 Å². The Kier molecular flexibility index (Phi) is 17.0. The van der Waals surface area contributed by atoms with Crippen molar-refractivity contribution < 1.29 is 36.4 Å². The van der Waals surface area contributed by atoms with E-state index >= 15 is 0 Å². The molecule has 0 aliphatic heterocycles. The van der Waals surface area contributed by atoms with Crippen LogP contribution in [-0.2, 0) is 21.1 Å². The SMILES string of the molecule is CNCC(O)c1ccc(O)c(O)c1.[Pt].c1ccc([PH+](c2ccccc2)c2ccccc2)cc1.c1ccc([PH+](c2ccccc2)c2ccccc2)cc1. The smallest absolute Gasteiger partial charge is 0.157 e. The van der Waals surface area contributed by atoms with Crippen molar-refractivity contribution in [1.29, 1.82) is 0 Å². The van der Waals surface area contributed by atoms with Crippen molar-refractivity contribution in [3.8, 4) is 11.5 Å². The van der Waals surface area contributed by atoms with E-state index in [-0.39, 0.29) is 32.6 Å². The van der Waals surface area contributed by atoms with Crippen molar-refractivity contribution in [2.75, 3.05) is 13.6 Å². The summed E-state index contributed by atoms with van der Waals surface area (Å²) < 4.78 is 0. The van der Waals surface area contributed by atoms with E-state index in [1.165, 1.54) is 44.0 Å². The quantitative estimate of drug-likeness (QED) is 0.0963. The van der Waals surface area contributed by atoms with Crippen LogP contribution in [0.1, 0.15) is 11.7 Å². The molecule has 1 atom stereocenters. The molecule has 7 rings (SSSR count). The van der Waals surface area contributed by atoms with Crippen molar-refractivity contribution >= 4 is 47.7 Å². The van der Waals surface area contributed by atoms with Crippen molar-refractivity contribution in [2.45, 2.75) is 6.10 Å². The van der Waals surface area contributed by atoms with Crippen molar-refractivity contribution in [1.82, 2.24) is 5.32 Å². The molecule has 0 saturated heterocycles. The van der Waals surface area contributed by atoms with Gasteiger partial charge in [-0.2, -0.15) is 0 Å². The topological polar surface area (TPSA) is 72.7 Å². The number of nitrogens with one attached hydrogen (secondary N) is 1. The standard InChI is InChI=1S/2C18H15P.C9H13NO3.Pt/c2*1-4-10-16(11-5-1)19(17-12-6-2-7-13-17)18-14-8-3-9-15-18;1-10-5-9(13)6-2-3-7(11)8(12)4-6;/h2*1-15H;2-4,9-13H,5H2,1H3;/p+2. The zero-order chi connectivity index (χ0) is 35.7. The van der Waals surface area contributed by atoms with Crippen LogP contribution in [0, 0.1) is 0 Å². The largest absolute Gasteiger partial charge is 0.504 e. The summed E-state index contributed by atoms with van der Waals surface area (Å²) in [6, 6.07) is 69.3. The summed E-state index contributed by atoms with van der Waals surface area (Å²) in [5, 5.41) is 39.0. The van der Waals surface area contributed by atoms with Crippen LogP contribution in [0.15, 0.2) is 200 Å². The van der Waals surface area contributed by atoms with Crippen LogP contribution < -0.4 is 37.1 Å².